The molecule has 0 radical (unpaired) electrons. The molecule has 0 aliphatic carbocycles. The minimum absolute atomic E-state index is 0.266. The van der Waals surface area contributed by atoms with Crippen LogP contribution >= 0.6 is 0 Å². The van der Waals surface area contributed by atoms with Gasteiger partial charge in [-0.15, -0.1) is 0 Å². The van der Waals surface area contributed by atoms with Gasteiger partial charge in [-0.1, -0.05) is 71.1 Å². The lowest BCUT2D eigenvalue weighted by Gasteiger charge is -2.15. The minimum Gasteiger partial charge on any atom is -0.271 e. The van der Waals surface area contributed by atoms with Crippen LogP contribution in [0, 0.1) is 0 Å². The minimum atomic E-state index is 0.266. The zero-order valence-electron chi connectivity index (χ0n) is 13.7. The fourth-order valence-electron chi connectivity index (χ4n) is 2.78. The SMILES string of the molecule is CCCCCCCCCCCCC(NN)c1ccncc1. The van der Waals surface area contributed by atoms with E-state index in [1.54, 1.807) is 0 Å². The second-order valence-corrected chi connectivity index (χ2v) is 5.97. The predicted molar refractivity (Wildman–Crippen MR) is 90.8 cm³/mol. The highest BCUT2D eigenvalue weighted by Crippen LogP contribution is 2.19. The van der Waals surface area contributed by atoms with Crippen LogP contribution < -0.4 is 11.3 Å². The molecule has 3 heteroatoms. The van der Waals surface area contributed by atoms with Gasteiger partial charge in [-0.2, -0.15) is 0 Å². The Morgan fingerprint density at radius 1 is 0.905 bits per heavy atom. The Labute approximate surface area is 130 Å². The molecular weight excluding hydrogens is 258 g/mol. The number of hydrogen-bond donors (Lipinski definition) is 2. The maximum atomic E-state index is 5.65. The average molecular weight is 291 g/mol. The molecule has 1 aromatic rings. The van der Waals surface area contributed by atoms with E-state index in [9.17, 15) is 0 Å². The number of pyridine rings is 1. The first-order valence-corrected chi connectivity index (χ1v) is 8.74. The van der Waals surface area contributed by atoms with Crippen LogP contribution in [0.15, 0.2) is 24.5 Å². The van der Waals surface area contributed by atoms with E-state index in [2.05, 4.69) is 17.3 Å². The summed E-state index contributed by atoms with van der Waals surface area (Å²) in [5.41, 5.74) is 4.16. The van der Waals surface area contributed by atoms with Crippen molar-refractivity contribution in [1.29, 1.82) is 0 Å². The summed E-state index contributed by atoms with van der Waals surface area (Å²) in [4.78, 5) is 4.05. The quantitative estimate of drug-likeness (QED) is 0.309. The number of hydrazine groups is 1. The maximum absolute atomic E-state index is 5.65. The highest BCUT2D eigenvalue weighted by atomic mass is 15.2. The lowest BCUT2D eigenvalue weighted by Crippen LogP contribution is -2.27. The first kappa shape index (κ1) is 18.1. The van der Waals surface area contributed by atoms with Crippen LogP contribution in [0.25, 0.3) is 0 Å². The van der Waals surface area contributed by atoms with E-state index in [4.69, 9.17) is 5.84 Å². The molecule has 0 saturated carbocycles. The van der Waals surface area contributed by atoms with Gasteiger partial charge in [0.05, 0.1) is 0 Å². The summed E-state index contributed by atoms with van der Waals surface area (Å²) in [6, 6.07) is 4.35. The van der Waals surface area contributed by atoms with E-state index >= 15 is 0 Å². The number of hydrogen-bond acceptors (Lipinski definition) is 3. The molecule has 0 aliphatic rings. The number of unbranched alkanes of at least 4 members (excludes halogenated alkanes) is 9. The van der Waals surface area contributed by atoms with Gasteiger partial charge in [0.2, 0.25) is 0 Å². The first-order valence-electron chi connectivity index (χ1n) is 8.74. The summed E-state index contributed by atoms with van der Waals surface area (Å²) in [7, 11) is 0. The van der Waals surface area contributed by atoms with Crippen molar-refractivity contribution in [2.45, 2.75) is 83.6 Å². The fourth-order valence-corrected chi connectivity index (χ4v) is 2.78. The Balaban J connectivity index is 1.98. The molecule has 120 valence electrons. The van der Waals surface area contributed by atoms with Crippen LogP contribution in [0.2, 0.25) is 0 Å². The number of aromatic nitrogens is 1. The summed E-state index contributed by atoms with van der Waals surface area (Å²) < 4.78 is 0. The van der Waals surface area contributed by atoms with E-state index in [-0.39, 0.29) is 6.04 Å². The summed E-state index contributed by atoms with van der Waals surface area (Å²) in [6.45, 7) is 2.27. The van der Waals surface area contributed by atoms with Crippen LogP contribution in [0.5, 0.6) is 0 Å². The molecule has 3 N–H and O–H groups in total. The van der Waals surface area contributed by atoms with Crippen molar-refractivity contribution in [2.24, 2.45) is 5.84 Å². The summed E-state index contributed by atoms with van der Waals surface area (Å²) in [5.74, 6) is 5.65. The van der Waals surface area contributed by atoms with Crippen LogP contribution in [-0.2, 0) is 0 Å². The predicted octanol–water partition coefficient (Wildman–Crippen LogP) is 4.90. The van der Waals surface area contributed by atoms with Crippen molar-refractivity contribution >= 4 is 0 Å². The molecule has 0 aromatic carbocycles. The van der Waals surface area contributed by atoms with Crippen LogP contribution in [0.4, 0.5) is 0 Å². The van der Waals surface area contributed by atoms with Crippen molar-refractivity contribution in [3.05, 3.63) is 30.1 Å². The largest absolute Gasteiger partial charge is 0.271 e. The third kappa shape index (κ3) is 8.84. The van der Waals surface area contributed by atoms with Crippen LogP contribution in [-0.4, -0.2) is 4.98 Å². The lowest BCUT2D eigenvalue weighted by molar-refractivity contribution is 0.474. The van der Waals surface area contributed by atoms with Gasteiger partial charge in [0.25, 0.3) is 0 Å². The third-order valence-corrected chi connectivity index (χ3v) is 4.16. The molecule has 0 amide bonds. The highest BCUT2D eigenvalue weighted by molar-refractivity contribution is 5.14. The molecule has 1 atom stereocenters. The zero-order valence-corrected chi connectivity index (χ0v) is 13.7. The first-order chi connectivity index (χ1) is 10.4. The van der Waals surface area contributed by atoms with Gasteiger partial charge in [0, 0.05) is 18.4 Å². The second kappa shape index (κ2) is 12.8. The van der Waals surface area contributed by atoms with Gasteiger partial charge in [0.1, 0.15) is 0 Å². The van der Waals surface area contributed by atoms with Crippen molar-refractivity contribution in [3.63, 3.8) is 0 Å². The second-order valence-electron chi connectivity index (χ2n) is 5.97. The number of nitrogens with two attached hydrogens (primary N) is 1. The Bertz CT molecular complexity index is 326. The standard InChI is InChI=1S/C18H33N3/c1-2-3-4-5-6-7-8-9-10-11-12-18(21-19)17-13-15-20-16-14-17/h13-16,18,21H,2-12,19H2,1H3. The molecule has 0 aliphatic heterocycles. The van der Waals surface area contributed by atoms with E-state index in [0.29, 0.717) is 0 Å². The summed E-state index contributed by atoms with van der Waals surface area (Å²) in [6.07, 6.45) is 18.5. The van der Waals surface area contributed by atoms with Gasteiger partial charge in [0.15, 0.2) is 0 Å². The zero-order chi connectivity index (χ0) is 15.2. The van der Waals surface area contributed by atoms with Crippen molar-refractivity contribution < 1.29 is 0 Å². The van der Waals surface area contributed by atoms with E-state index in [1.165, 1.54) is 69.8 Å². The van der Waals surface area contributed by atoms with Crippen molar-refractivity contribution in [1.82, 2.24) is 10.4 Å². The molecule has 1 unspecified atom stereocenters. The van der Waals surface area contributed by atoms with Crippen molar-refractivity contribution in [2.75, 3.05) is 0 Å². The Morgan fingerprint density at radius 3 is 1.95 bits per heavy atom. The smallest absolute Gasteiger partial charge is 0.0461 e. The summed E-state index contributed by atoms with van der Waals surface area (Å²) >= 11 is 0. The molecule has 1 aromatic heterocycles. The molecule has 0 saturated heterocycles. The van der Waals surface area contributed by atoms with E-state index < -0.39 is 0 Å². The molecule has 21 heavy (non-hydrogen) atoms. The Kier molecular flexibility index (Phi) is 11.0. The molecule has 3 nitrogen and oxygen atoms in total. The Morgan fingerprint density at radius 2 is 1.43 bits per heavy atom. The van der Waals surface area contributed by atoms with Gasteiger partial charge in [-0.05, 0) is 24.1 Å². The van der Waals surface area contributed by atoms with Gasteiger partial charge in [-0.3, -0.25) is 16.3 Å². The van der Waals surface area contributed by atoms with Crippen LogP contribution in [0.1, 0.15) is 89.2 Å². The molecule has 0 bridgehead atoms. The number of nitrogens with one attached hydrogen (secondary N) is 1. The molecule has 0 fully saturated rings. The van der Waals surface area contributed by atoms with Crippen molar-refractivity contribution in [3.8, 4) is 0 Å². The molecular formula is C18H33N3. The molecule has 0 spiro atoms. The topological polar surface area (TPSA) is 50.9 Å². The van der Waals surface area contributed by atoms with Crippen LogP contribution in [0.3, 0.4) is 0 Å². The van der Waals surface area contributed by atoms with Gasteiger partial charge in [-0.25, -0.2) is 0 Å². The monoisotopic (exact) mass is 291 g/mol. The highest BCUT2D eigenvalue weighted by Gasteiger charge is 2.08. The van der Waals surface area contributed by atoms with E-state index in [1.807, 2.05) is 24.5 Å². The third-order valence-electron chi connectivity index (χ3n) is 4.16. The summed E-state index contributed by atoms with van der Waals surface area (Å²) in [5, 5.41) is 0. The Hall–Kier alpha value is -0.930. The lowest BCUT2D eigenvalue weighted by atomic mass is 10.0. The van der Waals surface area contributed by atoms with Gasteiger partial charge < -0.3 is 0 Å². The molecule has 1 rings (SSSR count). The fraction of sp³-hybridized carbons (Fsp3) is 0.722. The average Bonchev–Trinajstić information content (AvgIpc) is 2.54. The number of nitrogens with zero attached hydrogens (tertiary/aromatic N) is 1. The normalized spacial score (nSPS) is 12.5. The number of rotatable bonds is 13. The van der Waals surface area contributed by atoms with E-state index in [0.717, 1.165) is 6.42 Å². The molecule has 1 heterocycles. The maximum Gasteiger partial charge on any atom is 0.0461 e. The van der Waals surface area contributed by atoms with Gasteiger partial charge >= 0.3 is 0 Å².